The minimum Gasteiger partial charge on any atom is -0.274 e. The highest BCUT2D eigenvalue weighted by atomic mass is 16.6. The van der Waals surface area contributed by atoms with Crippen LogP contribution >= 0.6 is 0 Å². The zero-order valence-corrected chi connectivity index (χ0v) is 22.3. The minimum atomic E-state index is -1.05. The van der Waals surface area contributed by atoms with E-state index in [-0.39, 0.29) is 23.4 Å². The highest BCUT2D eigenvalue weighted by Crippen LogP contribution is 2.64. The number of imide groups is 1. The lowest BCUT2D eigenvalue weighted by Crippen LogP contribution is -2.54. The standard InChI is InChI=1S/C35H23N3O4/c39-33-31-30-25-14-3-5-16-27(25)35(28-17-6-4-15-26(28)30,20-36-22-11-8-12-23(19-22)38(41)42)32(31)34(40)37(33)29-18-7-10-21-9-1-2-13-24(21)29/h1-20,30-32H/t30?,31-,32-,35?/m1/s1. The average molecular weight is 550 g/mol. The Morgan fingerprint density at radius 3 is 2.14 bits per heavy atom. The summed E-state index contributed by atoms with van der Waals surface area (Å²) in [4.78, 5) is 46.4. The molecule has 1 saturated heterocycles. The maximum atomic E-state index is 14.7. The van der Waals surface area contributed by atoms with Crippen LogP contribution in [0.5, 0.6) is 0 Å². The molecule has 5 aromatic carbocycles. The summed E-state index contributed by atoms with van der Waals surface area (Å²) in [6.45, 7) is 0. The molecule has 0 radical (unpaired) electrons. The Balaban J connectivity index is 1.39. The van der Waals surface area contributed by atoms with Gasteiger partial charge >= 0.3 is 0 Å². The summed E-state index contributed by atoms with van der Waals surface area (Å²) in [5.41, 5.74) is 3.74. The zero-order chi connectivity index (χ0) is 28.6. The quantitative estimate of drug-likeness (QED) is 0.108. The lowest BCUT2D eigenvalue weighted by atomic mass is 9.47. The first-order valence-electron chi connectivity index (χ1n) is 13.8. The third-order valence-electron chi connectivity index (χ3n) is 9.15. The summed E-state index contributed by atoms with van der Waals surface area (Å²) in [5.74, 6) is -2.13. The van der Waals surface area contributed by atoms with E-state index in [0.29, 0.717) is 11.4 Å². The van der Waals surface area contributed by atoms with Gasteiger partial charge in [0.1, 0.15) is 0 Å². The Kier molecular flexibility index (Phi) is 5.10. The predicted octanol–water partition coefficient (Wildman–Crippen LogP) is 6.70. The van der Waals surface area contributed by atoms with Gasteiger partial charge in [-0.2, -0.15) is 0 Å². The molecule has 0 N–H and O–H groups in total. The van der Waals surface area contributed by atoms with Crippen molar-refractivity contribution < 1.29 is 14.5 Å². The molecule has 202 valence electrons. The van der Waals surface area contributed by atoms with Gasteiger partial charge in [-0.15, -0.1) is 0 Å². The normalized spacial score (nSPS) is 23.7. The molecule has 0 saturated carbocycles. The van der Waals surface area contributed by atoms with Gasteiger partial charge in [0.2, 0.25) is 11.8 Å². The molecule has 4 aliphatic rings. The number of nitrogens with zero attached hydrogens (tertiary/aromatic N) is 3. The van der Waals surface area contributed by atoms with Crippen LogP contribution in [0.25, 0.3) is 10.8 Å². The van der Waals surface area contributed by atoms with Crippen LogP contribution in [0.4, 0.5) is 17.1 Å². The first-order chi connectivity index (χ1) is 20.5. The molecule has 1 heterocycles. The first-order valence-corrected chi connectivity index (χ1v) is 13.8. The van der Waals surface area contributed by atoms with Crippen LogP contribution in [0.1, 0.15) is 28.2 Å². The zero-order valence-electron chi connectivity index (χ0n) is 22.3. The van der Waals surface area contributed by atoms with Crippen molar-refractivity contribution in [3.05, 3.63) is 148 Å². The van der Waals surface area contributed by atoms with Crippen molar-refractivity contribution in [3.63, 3.8) is 0 Å². The molecule has 2 amide bonds. The molecule has 7 nitrogen and oxygen atoms in total. The number of non-ortho nitro benzene ring substituents is 1. The van der Waals surface area contributed by atoms with E-state index in [1.807, 2.05) is 91.0 Å². The molecular weight excluding hydrogens is 526 g/mol. The van der Waals surface area contributed by atoms with Gasteiger partial charge < -0.3 is 0 Å². The van der Waals surface area contributed by atoms with E-state index in [1.54, 1.807) is 18.3 Å². The van der Waals surface area contributed by atoms with Gasteiger partial charge in [-0.3, -0.25) is 24.7 Å². The van der Waals surface area contributed by atoms with Gasteiger partial charge in [-0.1, -0.05) is 91.0 Å². The van der Waals surface area contributed by atoms with Crippen molar-refractivity contribution in [2.75, 3.05) is 4.90 Å². The molecule has 1 fully saturated rings. The lowest BCUT2D eigenvalue weighted by molar-refractivity contribution is -0.384. The van der Waals surface area contributed by atoms with Crippen LogP contribution in [0, 0.1) is 22.0 Å². The fourth-order valence-electron chi connectivity index (χ4n) is 7.55. The van der Waals surface area contributed by atoms with Crippen molar-refractivity contribution in [3.8, 4) is 0 Å². The number of nitro groups is 1. The van der Waals surface area contributed by atoms with Gasteiger partial charge in [0, 0.05) is 29.7 Å². The van der Waals surface area contributed by atoms with E-state index in [1.165, 1.54) is 17.0 Å². The van der Waals surface area contributed by atoms with Crippen molar-refractivity contribution in [1.82, 2.24) is 0 Å². The minimum absolute atomic E-state index is 0.0672. The Labute approximate surface area is 240 Å². The molecule has 0 spiro atoms. The van der Waals surface area contributed by atoms with E-state index in [0.717, 1.165) is 33.0 Å². The first kappa shape index (κ1) is 24.4. The summed E-state index contributed by atoms with van der Waals surface area (Å²) < 4.78 is 0. The predicted molar refractivity (Wildman–Crippen MR) is 160 cm³/mol. The molecule has 1 aliphatic heterocycles. The Hall–Kier alpha value is -5.43. The topological polar surface area (TPSA) is 92.9 Å². The van der Waals surface area contributed by atoms with E-state index in [4.69, 9.17) is 4.99 Å². The SMILES string of the molecule is O=C1[C@@H]2C3c4ccccc4C(C=Nc4cccc([N+](=O)[O-])c4)(c4ccccc43)[C@H]2C(=O)N1c1cccc2ccccc12. The van der Waals surface area contributed by atoms with Crippen molar-refractivity contribution in [1.29, 1.82) is 0 Å². The second-order valence-electron chi connectivity index (χ2n) is 11.1. The van der Waals surface area contributed by atoms with Gasteiger partial charge in [-0.25, -0.2) is 4.90 Å². The van der Waals surface area contributed by atoms with E-state index in [9.17, 15) is 19.7 Å². The highest BCUT2D eigenvalue weighted by Gasteiger charge is 2.68. The molecule has 0 aromatic heterocycles. The molecular formula is C35H23N3O4. The summed E-state index contributed by atoms with van der Waals surface area (Å²) in [7, 11) is 0. The summed E-state index contributed by atoms with van der Waals surface area (Å²) in [5, 5.41) is 13.3. The van der Waals surface area contributed by atoms with Crippen LogP contribution in [-0.4, -0.2) is 23.0 Å². The molecule has 5 aromatic rings. The van der Waals surface area contributed by atoms with Crippen LogP contribution in [0.3, 0.4) is 0 Å². The number of carbonyl (C=O) groups excluding carboxylic acids is 2. The van der Waals surface area contributed by atoms with Gasteiger partial charge in [0.15, 0.2) is 0 Å². The van der Waals surface area contributed by atoms with Crippen LogP contribution in [0.2, 0.25) is 0 Å². The Morgan fingerprint density at radius 2 is 1.40 bits per heavy atom. The number of anilines is 1. The summed E-state index contributed by atoms with van der Waals surface area (Å²) in [6.07, 6.45) is 1.76. The summed E-state index contributed by atoms with van der Waals surface area (Å²) >= 11 is 0. The molecule has 7 heteroatoms. The number of rotatable bonds is 4. The largest absolute Gasteiger partial charge is 0.274 e. The number of aliphatic imine (C=N–C) groups is 1. The van der Waals surface area contributed by atoms with E-state index in [2.05, 4.69) is 0 Å². The lowest BCUT2D eigenvalue weighted by Gasteiger charge is -2.52. The molecule has 42 heavy (non-hydrogen) atoms. The fraction of sp³-hybridized carbons (Fsp3) is 0.114. The smallest absolute Gasteiger partial charge is 0.271 e. The fourth-order valence-corrected chi connectivity index (χ4v) is 7.55. The molecule has 0 unspecified atom stereocenters. The number of amides is 2. The van der Waals surface area contributed by atoms with Crippen molar-refractivity contribution >= 4 is 45.9 Å². The number of fused-ring (bicyclic) bond motifs is 1. The van der Waals surface area contributed by atoms with Gasteiger partial charge in [0.05, 0.1) is 33.5 Å². The molecule has 9 rings (SSSR count). The van der Waals surface area contributed by atoms with Gasteiger partial charge in [-0.05, 0) is 39.8 Å². The maximum absolute atomic E-state index is 14.7. The van der Waals surface area contributed by atoms with E-state index < -0.39 is 22.2 Å². The second kappa shape index (κ2) is 8.78. The third kappa shape index (κ3) is 3.13. The monoisotopic (exact) mass is 549 g/mol. The number of nitro benzene ring substituents is 1. The second-order valence-corrected chi connectivity index (χ2v) is 11.1. The highest BCUT2D eigenvalue weighted by molar-refractivity contribution is 6.27. The Bertz CT molecular complexity index is 1960. The van der Waals surface area contributed by atoms with Crippen LogP contribution in [-0.2, 0) is 15.0 Å². The molecule has 2 bridgehead atoms. The molecule has 2 atom stereocenters. The van der Waals surface area contributed by atoms with Crippen LogP contribution < -0.4 is 4.90 Å². The average Bonchev–Trinajstić information content (AvgIpc) is 3.30. The number of benzene rings is 5. The number of hydrogen-bond donors (Lipinski definition) is 0. The summed E-state index contributed by atoms with van der Waals surface area (Å²) in [6, 6.07) is 35.5. The maximum Gasteiger partial charge on any atom is 0.271 e. The van der Waals surface area contributed by atoms with Gasteiger partial charge in [0.25, 0.3) is 5.69 Å². The Morgan fingerprint density at radius 1 is 0.762 bits per heavy atom. The third-order valence-corrected chi connectivity index (χ3v) is 9.15. The number of carbonyl (C=O) groups is 2. The van der Waals surface area contributed by atoms with Crippen molar-refractivity contribution in [2.24, 2.45) is 16.8 Å². The molecule has 3 aliphatic carbocycles. The van der Waals surface area contributed by atoms with Crippen LogP contribution in [0.15, 0.2) is 120 Å². The van der Waals surface area contributed by atoms with Crippen molar-refractivity contribution in [2.45, 2.75) is 11.3 Å². The number of hydrogen-bond acceptors (Lipinski definition) is 5. The van der Waals surface area contributed by atoms with E-state index >= 15 is 0 Å².